The Bertz CT molecular complexity index is 255. The van der Waals surface area contributed by atoms with Gasteiger partial charge in [0.05, 0.1) is 5.54 Å². The second-order valence-corrected chi connectivity index (χ2v) is 6.01. The lowest BCUT2D eigenvalue weighted by atomic mass is 9.86. The van der Waals surface area contributed by atoms with Gasteiger partial charge in [-0.3, -0.25) is 9.69 Å². The lowest BCUT2D eigenvalue weighted by molar-refractivity contribution is -0.133. The lowest BCUT2D eigenvalue weighted by Crippen LogP contribution is -2.52. The Hall–Kier alpha value is -0.410. The number of carbonyl (C=O) groups is 1. The molecule has 0 aromatic rings. The van der Waals surface area contributed by atoms with Crippen LogP contribution in [0.2, 0.25) is 0 Å². The van der Waals surface area contributed by atoms with Crippen LogP contribution < -0.4 is 0 Å². The zero-order chi connectivity index (χ0) is 13.6. The van der Waals surface area contributed by atoms with Gasteiger partial charge in [-0.25, -0.2) is 0 Å². The summed E-state index contributed by atoms with van der Waals surface area (Å²) < 4.78 is 5.07. The first-order valence-corrected chi connectivity index (χ1v) is 7.28. The van der Waals surface area contributed by atoms with Crippen LogP contribution in [0.3, 0.4) is 0 Å². The third-order valence-corrected chi connectivity index (χ3v) is 4.20. The Morgan fingerprint density at radius 2 is 1.78 bits per heavy atom. The van der Waals surface area contributed by atoms with Crippen LogP contribution >= 0.6 is 0 Å². The Morgan fingerprint density at radius 1 is 1.22 bits per heavy atom. The van der Waals surface area contributed by atoms with E-state index in [9.17, 15) is 4.79 Å². The van der Waals surface area contributed by atoms with Gasteiger partial charge in [-0.1, -0.05) is 19.8 Å². The minimum absolute atomic E-state index is 0.0863. The van der Waals surface area contributed by atoms with Gasteiger partial charge in [-0.15, -0.1) is 0 Å². The lowest BCUT2D eigenvalue weighted by Gasteiger charge is -2.38. The van der Waals surface area contributed by atoms with E-state index in [-0.39, 0.29) is 11.5 Å². The number of methoxy groups -OCH3 is 1. The summed E-state index contributed by atoms with van der Waals surface area (Å²) in [6.07, 6.45) is 5.89. The smallest absolute Gasteiger partial charge is 0.155 e. The van der Waals surface area contributed by atoms with E-state index in [2.05, 4.69) is 18.7 Å². The normalized spacial score (nSPS) is 20.4. The van der Waals surface area contributed by atoms with Crippen molar-refractivity contribution in [1.82, 2.24) is 4.90 Å². The predicted molar refractivity (Wildman–Crippen MR) is 74.8 cm³/mol. The molecule has 1 fully saturated rings. The van der Waals surface area contributed by atoms with Gasteiger partial charge >= 0.3 is 0 Å². The fraction of sp³-hybridized carbons (Fsp3) is 0.933. The van der Waals surface area contributed by atoms with Crippen molar-refractivity contribution in [1.29, 1.82) is 0 Å². The molecule has 0 bridgehead atoms. The third kappa shape index (κ3) is 4.06. The molecule has 3 heteroatoms. The minimum atomic E-state index is -0.322. The van der Waals surface area contributed by atoms with Gasteiger partial charge in [-0.05, 0) is 46.2 Å². The fourth-order valence-electron chi connectivity index (χ4n) is 2.81. The second kappa shape index (κ2) is 7.25. The van der Waals surface area contributed by atoms with E-state index in [0.29, 0.717) is 12.4 Å². The molecule has 0 amide bonds. The molecule has 0 N–H and O–H groups in total. The molecule has 106 valence electrons. The maximum atomic E-state index is 12.6. The molecule has 1 atom stereocenters. The molecule has 0 radical (unpaired) electrons. The Balaban J connectivity index is 2.61. The van der Waals surface area contributed by atoms with Gasteiger partial charge in [0.1, 0.15) is 0 Å². The number of nitrogens with zero attached hydrogens (tertiary/aromatic N) is 1. The molecule has 3 nitrogen and oxygen atoms in total. The van der Waals surface area contributed by atoms with Crippen LogP contribution in [-0.4, -0.2) is 43.0 Å². The summed E-state index contributed by atoms with van der Waals surface area (Å²) in [7, 11) is 1.69. The molecule has 1 unspecified atom stereocenters. The zero-order valence-electron chi connectivity index (χ0n) is 12.5. The first-order valence-electron chi connectivity index (χ1n) is 7.28. The number of ether oxygens (including phenoxy) is 1. The predicted octanol–water partition coefficient (Wildman–Crippen LogP) is 2.88. The number of hydrogen-bond acceptors (Lipinski definition) is 3. The monoisotopic (exact) mass is 255 g/mol. The summed E-state index contributed by atoms with van der Waals surface area (Å²) in [5.41, 5.74) is -0.322. The van der Waals surface area contributed by atoms with Gasteiger partial charge in [0.15, 0.2) is 5.78 Å². The van der Waals surface area contributed by atoms with E-state index in [1.807, 2.05) is 6.92 Å². The summed E-state index contributed by atoms with van der Waals surface area (Å²) >= 11 is 0. The zero-order valence-corrected chi connectivity index (χ0v) is 12.5. The quantitative estimate of drug-likeness (QED) is 0.731. The molecule has 1 saturated heterocycles. The Morgan fingerprint density at radius 3 is 2.28 bits per heavy atom. The van der Waals surface area contributed by atoms with Crippen molar-refractivity contribution in [3.8, 4) is 0 Å². The van der Waals surface area contributed by atoms with Crippen molar-refractivity contribution in [2.45, 2.75) is 58.4 Å². The average molecular weight is 255 g/mol. The molecule has 1 heterocycles. The van der Waals surface area contributed by atoms with Crippen LogP contribution in [0.25, 0.3) is 0 Å². The molecular weight excluding hydrogens is 226 g/mol. The molecule has 0 aromatic carbocycles. The summed E-state index contributed by atoms with van der Waals surface area (Å²) in [5.74, 6) is 0.449. The van der Waals surface area contributed by atoms with E-state index in [1.165, 1.54) is 25.7 Å². The van der Waals surface area contributed by atoms with E-state index < -0.39 is 0 Å². The number of hydrogen-bond donors (Lipinski definition) is 0. The van der Waals surface area contributed by atoms with Crippen molar-refractivity contribution in [3.05, 3.63) is 0 Å². The largest absolute Gasteiger partial charge is 0.385 e. The van der Waals surface area contributed by atoms with Crippen LogP contribution in [0.15, 0.2) is 0 Å². The molecule has 0 aromatic heterocycles. The van der Waals surface area contributed by atoms with Crippen LogP contribution in [0.4, 0.5) is 0 Å². The van der Waals surface area contributed by atoms with Crippen LogP contribution in [-0.2, 0) is 9.53 Å². The highest BCUT2D eigenvalue weighted by molar-refractivity contribution is 5.89. The highest BCUT2D eigenvalue weighted by atomic mass is 16.5. The first-order chi connectivity index (χ1) is 8.50. The molecule has 0 saturated carbocycles. The van der Waals surface area contributed by atoms with Crippen molar-refractivity contribution in [2.24, 2.45) is 5.92 Å². The van der Waals surface area contributed by atoms with Crippen molar-refractivity contribution in [2.75, 3.05) is 26.8 Å². The molecule has 1 aliphatic heterocycles. The molecular formula is C15H29NO2. The number of rotatable bonds is 6. The number of Topliss-reactive ketones (excluding diaryl/α,β-unsaturated/α-hetero) is 1. The topological polar surface area (TPSA) is 29.5 Å². The van der Waals surface area contributed by atoms with Gasteiger partial charge in [0.25, 0.3) is 0 Å². The fourth-order valence-corrected chi connectivity index (χ4v) is 2.81. The second-order valence-electron chi connectivity index (χ2n) is 6.01. The summed E-state index contributed by atoms with van der Waals surface area (Å²) in [6.45, 7) is 9.00. The van der Waals surface area contributed by atoms with Crippen molar-refractivity contribution >= 4 is 5.78 Å². The van der Waals surface area contributed by atoms with Crippen LogP contribution in [0.5, 0.6) is 0 Å². The first kappa shape index (κ1) is 15.6. The minimum Gasteiger partial charge on any atom is -0.385 e. The third-order valence-electron chi connectivity index (χ3n) is 4.20. The average Bonchev–Trinajstić information content (AvgIpc) is 2.64. The van der Waals surface area contributed by atoms with Gasteiger partial charge < -0.3 is 4.74 Å². The molecule has 18 heavy (non-hydrogen) atoms. The van der Waals surface area contributed by atoms with E-state index >= 15 is 0 Å². The summed E-state index contributed by atoms with van der Waals surface area (Å²) in [6, 6.07) is 0. The van der Waals surface area contributed by atoms with Gasteiger partial charge in [-0.2, -0.15) is 0 Å². The maximum Gasteiger partial charge on any atom is 0.155 e. The highest BCUT2D eigenvalue weighted by Crippen LogP contribution is 2.25. The van der Waals surface area contributed by atoms with Crippen LogP contribution in [0.1, 0.15) is 52.9 Å². The Kier molecular flexibility index (Phi) is 6.30. The summed E-state index contributed by atoms with van der Waals surface area (Å²) in [4.78, 5) is 15.0. The van der Waals surface area contributed by atoms with E-state index in [1.54, 1.807) is 7.11 Å². The molecule has 0 spiro atoms. The number of ketones is 1. The van der Waals surface area contributed by atoms with Crippen molar-refractivity contribution < 1.29 is 9.53 Å². The van der Waals surface area contributed by atoms with Gasteiger partial charge in [0, 0.05) is 19.6 Å². The molecule has 1 aliphatic rings. The van der Waals surface area contributed by atoms with Crippen LogP contribution in [0, 0.1) is 5.92 Å². The number of likely N-dealkylation sites (tertiary alicyclic amines) is 1. The van der Waals surface area contributed by atoms with Crippen molar-refractivity contribution in [3.63, 3.8) is 0 Å². The highest BCUT2D eigenvalue weighted by Gasteiger charge is 2.36. The summed E-state index contributed by atoms with van der Waals surface area (Å²) in [5, 5.41) is 0. The SMILES string of the molecule is COCCC(C)C(=O)C(C)(C)N1CCCCCC1. The molecule has 1 rings (SSSR count). The number of carbonyl (C=O) groups excluding carboxylic acids is 1. The standard InChI is InChI=1S/C15H29NO2/c1-13(9-12-18-4)14(17)15(2,3)16-10-7-5-6-8-11-16/h13H,5-12H2,1-4H3. The Labute approximate surface area is 112 Å². The van der Waals surface area contributed by atoms with E-state index in [4.69, 9.17) is 4.74 Å². The van der Waals surface area contributed by atoms with Gasteiger partial charge in [0.2, 0.25) is 0 Å². The van der Waals surface area contributed by atoms with E-state index in [0.717, 1.165) is 19.5 Å². The molecule has 0 aliphatic carbocycles. The maximum absolute atomic E-state index is 12.6.